The Balaban J connectivity index is 1.70. The molecule has 0 bridgehead atoms. The van der Waals surface area contributed by atoms with Crippen molar-refractivity contribution < 1.29 is 19.4 Å². The molecule has 2 aliphatic heterocycles. The highest BCUT2D eigenvalue weighted by Crippen LogP contribution is 2.41. The molecule has 1 N–H and O–H groups in total. The molecule has 0 aliphatic carbocycles. The summed E-state index contributed by atoms with van der Waals surface area (Å²) in [5.74, 6) is -0.0376. The van der Waals surface area contributed by atoms with Gasteiger partial charge in [-0.2, -0.15) is 0 Å². The van der Waals surface area contributed by atoms with E-state index in [1.807, 2.05) is 58.9 Å². The lowest BCUT2D eigenvalue weighted by atomic mass is 9.69. The van der Waals surface area contributed by atoms with Crippen LogP contribution in [-0.2, 0) is 11.3 Å². The highest BCUT2D eigenvalue weighted by Gasteiger charge is 2.51. The number of aliphatic hydroxyl groups is 1. The lowest BCUT2D eigenvalue weighted by Gasteiger charge is -2.51. The van der Waals surface area contributed by atoms with Crippen molar-refractivity contribution in [1.29, 1.82) is 0 Å². The molecule has 2 aliphatic rings. The van der Waals surface area contributed by atoms with Gasteiger partial charge in [-0.1, -0.05) is 32.0 Å². The van der Waals surface area contributed by atoms with Gasteiger partial charge in [0.2, 0.25) is 0 Å². The molecule has 6 nitrogen and oxygen atoms in total. The zero-order chi connectivity index (χ0) is 20.0. The Bertz CT molecular complexity index is 753. The molecule has 1 aromatic carbocycles. The average molecular weight is 374 g/mol. The van der Waals surface area contributed by atoms with Crippen LogP contribution in [0.25, 0.3) is 0 Å². The van der Waals surface area contributed by atoms with Crippen molar-refractivity contribution >= 4 is 12.0 Å². The molecule has 2 heterocycles. The minimum atomic E-state index is -1.07. The SMILES string of the molecule is CC(C)(C)OC(=O)N1CCC(O)(CN2Cc3ccccc3C2=O)C(C)(C)C1. The normalized spacial score (nSPS) is 24.7. The number of amides is 2. The molecular formula is C21H30N2O4. The van der Waals surface area contributed by atoms with Crippen molar-refractivity contribution in [3.63, 3.8) is 0 Å². The van der Waals surface area contributed by atoms with Crippen molar-refractivity contribution in [3.8, 4) is 0 Å². The Kier molecular flexibility index (Phi) is 4.75. The molecule has 3 rings (SSSR count). The lowest BCUT2D eigenvalue weighted by Crippen LogP contribution is -2.62. The van der Waals surface area contributed by atoms with Gasteiger partial charge >= 0.3 is 6.09 Å². The summed E-state index contributed by atoms with van der Waals surface area (Å²) in [6.07, 6.45) is 0.0431. The molecule has 1 fully saturated rings. The monoisotopic (exact) mass is 374 g/mol. The van der Waals surface area contributed by atoms with Gasteiger partial charge in [0.15, 0.2) is 0 Å². The number of nitrogens with zero attached hydrogens (tertiary/aromatic N) is 2. The van der Waals surface area contributed by atoms with Crippen LogP contribution >= 0.6 is 0 Å². The summed E-state index contributed by atoms with van der Waals surface area (Å²) in [7, 11) is 0. The van der Waals surface area contributed by atoms with Crippen molar-refractivity contribution in [3.05, 3.63) is 35.4 Å². The van der Waals surface area contributed by atoms with Crippen LogP contribution in [0.2, 0.25) is 0 Å². The summed E-state index contributed by atoms with van der Waals surface area (Å²) < 4.78 is 5.47. The fraction of sp³-hybridized carbons (Fsp3) is 0.619. The number of β-amino-alcohol motifs (C(OH)–C–C–N with tert-alkyl or cyclic N) is 1. The molecule has 6 heteroatoms. The Hall–Kier alpha value is -2.08. The topological polar surface area (TPSA) is 70.1 Å². The maximum Gasteiger partial charge on any atom is 0.410 e. The number of hydrogen-bond acceptors (Lipinski definition) is 4. The van der Waals surface area contributed by atoms with E-state index < -0.39 is 16.6 Å². The molecule has 0 radical (unpaired) electrons. The van der Waals surface area contributed by atoms with Gasteiger partial charge in [0, 0.05) is 30.6 Å². The summed E-state index contributed by atoms with van der Waals surface area (Å²) in [6.45, 7) is 11.0. The van der Waals surface area contributed by atoms with Gasteiger partial charge < -0.3 is 19.6 Å². The molecule has 0 saturated carbocycles. The number of benzene rings is 1. The summed E-state index contributed by atoms with van der Waals surface area (Å²) in [4.78, 5) is 28.5. The van der Waals surface area contributed by atoms with Crippen molar-refractivity contribution in [2.45, 2.75) is 58.8 Å². The van der Waals surface area contributed by atoms with E-state index in [9.17, 15) is 14.7 Å². The molecule has 0 aromatic heterocycles. The van der Waals surface area contributed by atoms with Gasteiger partial charge in [-0.25, -0.2) is 4.79 Å². The third-order valence-electron chi connectivity index (χ3n) is 5.64. The fourth-order valence-electron chi connectivity index (χ4n) is 3.90. The second-order valence-corrected chi connectivity index (χ2v) is 9.39. The van der Waals surface area contributed by atoms with E-state index in [0.29, 0.717) is 31.6 Å². The van der Waals surface area contributed by atoms with Crippen molar-refractivity contribution in [2.75, 3.05) is 19.6 Å². The first-order chi connectivity index (χ1) is 12.4. The Morgan fingerprint density at radius 2 is 1.93 bits per heavy atom. The Morgan fingerprint density at radius 1 is 1.26 bits per heavy atom. The summed E-state index contributed by atoms with van der Waals surface area (Å²) >= 11 is 0. The second-order valence-electron chi connectivity index (χ2n) is 9.39. The van der Waals surface area contributed by atoms with Gasteiger partial charge in [-0.05, 0) is 38.8 Å². The number of ether oxygens (including phenoxy) is 1. The van der Waals surface area contributed by atoms with Crippen LogP contribution in [0.5, 0.6) is 0 Å². The first-order valence-corrected chi connectivity index (χ1v) is 9.49. The zero-order valence-corrected chi connectivity index (χ0v) is 16.9. The van der Waals surface area contributed by atoms with Gasteiger partial charge in [0.1, 0.15) is 5.60 Å². The number of carbonyl (C=O) groups is 2. The third-order valence-corrected chi connectivity index (χ3v) is 5.64. The van der Waals surface area contributed by atoms with E-state index >= 15 is 0 Å². The molecule has 1 atom stereocenters. The summed E-state index contributed by atoms with van der Waals surface area (Å²) in [5, 5.41) is 11.4. The highest BCUT2D eigenvalue weighted by molar-refractivity contribution is 5.98. The van der Waals surface area contributed by atoms with Crippen LogP contribution in [0, 0.1) is 5.41 Å². The molecular weight excluding hydrogens is 344 g/mol. The van der Waals surface area contributed by atoms with E-state index in [2.05, 4.69) is 0 Å². The quantitative estimate of drug-likeness (QED) is 0.864. The first kappa shape index (κ1) is 19.7. The Morgan fingerprint density at radius 3 is 2.52 bits per heavy atom. The first-order valence-electron chi connectivity index (χ1n) is 9.49. The molecule has 148 valence electrons. The minimum Gasteiger partial charge on any atom is -0.444 e. The molecule has 2 amide bonds. The number of fused-ring (bicyclic) bond motifs is 1. The minimum absolute atomic E-state index is 0.0376. The number of hydrogen-bond donors (Lipinski definition) is 1. The van der Waals surface area contributed by atoms with Crippen LogP contribution in [0.1, 0.15) is 57.0 Å². The van der Waals surface area contributed by atoms with E-state index in [1.54, 1.807) is 9.80 Å². The predicted molar refractivity (Wildman–Crippen MR) is 102 cm³/mol. The van der Waals surface area contributed by atoms with Gasteiger partial charge in [0.25, 0.3) is 5.91 Å². The molecule has 1 saturated heterocycles. The standard InChI is InChI=1S/C21H30N2O4/c1-19(2,3)27-18(25)22-11-10-21(26,20(4,5)13-22)14-23-12-15-8-6-7-9-16(15)17(23)24/h6-9,26H,10-14H2,1-5H3. The Labute approximate surface area is 161 Å². The summed E-state index contributed by atoms with van der Waals surface area (Å²) in [6, 6.07) is 7.57. The molecule has 1 aromatic rings. The maximum atomic E-state index is 12.7. The maximum absolute atomic E-state index is 12.7. The predicted octanol–water partition coefficient (Wildman–Crippen LogP) is 3.04. The third kappa shape index (κ3) is 3.81. The fourth-order valence-corrected chi connectivity index (χ4v) is 3.90. The summed E-state index contributed by atoms with van der Waals surface area (Å²) in [5.41, 5.74) is -0.483. The van der Waals surface area contributed by atoms with Crippen LogP contribution in [0.4, 0.5) is 4.79 Å². The van der Waals surface area contributed by atoms with Crippen LogP contribution in [0.3, 0.4) is 0 Å². The second kappa shape index (κ2) is 6.51. The van der Waals surface area contributed by atoms with Crippen molar-refractivity contribution in [1.82, 2.24) is 9.80 Å². The highest BCUT2D eigenvalue weighted by atomic mass is 16.6. The van der Waals surface area contributed by atoms with E-state index in [0.717, 1.165) is 5.56 Å². The zero-order valence-electron chi connectivity index (χ0n) is 16.9. The van der Waals surface area contributed by atoms with Crippen LogP contribution in [0.15, 0.2) is 24.3 Å². The van der Waals surface area contributed by atoms with E-state index in [1.165, 1.54) is 0 Å². The van der Waals surface area contributed by atoms with Crippen LogP contribution in [-0.4, -0.2) is 57.7 Å². The van der Waals surface area contributed by atoms with Crippen molar-refractivity contribution in [2.24, 2.45) is 5.41 Å². The van der Waals surface area contributed by atoms with E-state index in [4.69, 9.17) is 4.74 Å². The number of likely N-dealkylation sites (tertiary alicyclic amines) is 1. The average Bonchev–Trinajstić information content (AvgIpc) is 2.85. The lowest BCUT2D eigenvalue weighted by molar-refractivity contribution is -0.127. The molecule has 0 spiro atoms. The smallest absolute Gasteiger partial charge is 0.410 e. The molecule has 1 unspecified atom stereocenters. The van der Waals surface area contributed by atoms with E-state index in [-0.39, 0.29) is 18.5 Å². The number of rotatable bonds is 2. The van der Waals surface area contributed by atoms with Gasteiger partial charge in [-0.3, -0.25) is 4.79 Å². The number of carbonyl (C=O) groups excluding carboxylic acids is 2. The largest absolute Gasteiger partial charge is 0.444 e. The molecule has 27 heavy (non-hydrogen) atoms. The van der Waals surface area contributed by atoms with Gasteiger partial charge in [0.05, 0.1) is 12.1 Å². The number of piperidine rings is 1. The van der Waals surface area contributed by atoms with Crippen LogP contribution < -0.4 is 0 Å². The van der Waals surface area contributed by atoms with Gasteiger partial charge in [-0.15, -0.1) is 0 Å².